The number of aryl methyl sites for hydroxylation is 2. The van der Waals surface area contributed by atoms with Crippen LogP contribution in [0.15, 0.2) is 35.0 Å². The Kier molecular flexibility index (Phi) is 2.92. The van der Waals surface area contributed by atoms with Gasteiger partial charge in [0, 0.05) is 11.4 Å². The van der Waals surface area contributed by atoms with Crippen molar-refractivity contribution in [2.75, 3.05) is 5.73 Å². The molecule has 0 radical (unpaired) electrons. The molecular weight excluding hydrogens is 212 g/mol. The Balaban J connectivity index is 2.02. The van der Waals surface area contributed by atoms with Gasteiger partial charge in [-0.05, 0) is 24.1 Å². The molecule has 15 heavy (non-hydrogen) atoms. The summed E-state index contributed by atoms with van der Waals surface area (Å²) in [4.78, 5) is 0. The Morgan fingerprint density at radius 1 is 1.33 bits per heavy atom. The van der Waals surface area contributed by atoms with Gasteiger partial charge in [0.1, 0.15) is 0 Å². The highest BCUT2D eigenvalue weighted by molar-refractivity contribution is 6.30. The molecule has 1 aromatic carbocycles. The number of halogens is 1. The number of nitrogen functional groups attached to an aromatic ring is 1. The molecule has 0 unspecified atom stereocenters. The van der Waals surface area contributed by atoms with Gasteiger partial charge in [-0.25, -0.2) is 0 Å². The van der Waals surface area contributed by atoms with Crippen molar-refractivity contribution in [2.45, 2.75) is 12.8 Å². The van der Waals surface area contributed by atoms with Crippen LogP contribution < -0.4 is 5.73 Å². The quantitative estimate of drug-likeness (QED) is 0.869. The highest BCUT2D eigenvalue weighted by atomic mass is 35.5. The van der Waals surface area contributed by atoms with Gasteiger partial charge in [-0.15, -0.1) is 0 Å². The van der Waals surface area contributed by atoms with Crippen LogP contribution in [0.1, 0.15) is 11.3 Å². The predicted molar refractivity (Wildman–Crippen MR) is 59.8 cm³/mol. The minimum atomic E-state index is 0.608. The normalized spacial score (nSPS) is 10.5. The fraction of sp³-hybridized carbons (Fsp3) is 0.182. The molecule has 0 saturated heterocycles. The Morgan fingerprint density at radius 3 is 2.87 bits per heavy atom. The third kappa shape index (κ3) is 2.50. The second-order valence-electron chi connectivity index (χ2n) is 3.33. The fourth-order valence-electron chi connectivity index (χ4n) is 1.41. The molecule has 0 spiro atoms. The van der Waals surface area contributed by atoms with Crippen LogP contribution in [-0.2, 0) is 12.8 Å². The zero-order valence-corrected chi connectivity index (χ0v) is 8.87. The molecule has 0 fully saturated rings. The second-order valence-corrected chi connectivity index (χ2v) is 3.77. The van der Waals surface area contributed by atoms with E-state index in [1.54, 1.807) is 0 Å². The average Bonchev–Trinajstić information content (AvgIpc) is 2.61. The van der Waals surface area contributed by atoms with E-state index in [0.717, 1.165) is 23.6 Å². The van der Waals surface area contributed by atoms with E-state index in [-0.39, 0.29) is 0 Å². The van der Waals surface area contributed by atoms with Crippen LogP contribution in [0.3, 0.4) is 0 Å². The van der Waals surface area contributed by atoms with Crippen molar-refractivity contribution >= 4 is 17.3 Å². The summed E-state index contributed by atoms with van der Waals surface area (Å²) in [5.74, 6) is 0.731. The molecule has 0 aliphatic rings. The van der Waals surface area contributed by atoms with E-state index < -0.39 is 0 Å². The zero-order chi connectivity index (χ0) is 10.7. The van der Waals surface area contributed by atoms with Crippen molar-refractivity contribution in [1.82, 2.24) is 5.16 Å². The number of anilines is 1. The molecule has 0 saturated carbocycles. The lowest BCUT2D eigenvalue weighted by molar-refractivity contribution is 0.384. The van der Waals surface area contributed by atoms with Gasteiger partial charge in [-0.1, -0.05) is 28.9 Å². The molecule has 4 heteroatoms. The van der Waals surface area contributed by atoms with E-state index in [1.807, 2.05) is 24.3 Å². The van der Waals surface area contributed by atoms with Gasteiger partial charge >= 0.3 is 0 Å². The fourth-order valence-corrected chi connectivity index (χ4v) is 1.62. The van der Waals surface area contributed by atoms with Gasteiger partial charge in [0.15, 0.2) is 5.76 Å². The Morgan fingerprint density at radius 2 is 2.20 bits per heavy atom. The summed E-state index contributed by atoms with van der Waals surface area (Å²) in [6.45, 7) is 0. The molecule has 3 nitrogen and oxygen atoms in total. The monoisotopic (exact) mass is 222 g/mol. The molecule has 0 amide bonds. The summed E-state index contributed by atoms with van der Waals surface area (Å²) in [7, 11) is 0. The predicted octanol–water partition coefficient (Wildman–Crippen LogP) is 2.70. The van der Waals surface area contributed by atoms with Crippen LogP contribution >= 0.6 is 11.6 Å². The number of hydrogen-bond acceptors (Lipinski definition) is 3. The molecule has 0 aliphatic heterocycles. The van der Waals surface area contributed by atoms with E-state index >= 15 is 0 Å². The van der Waals surface area contributed by atoms with Gasteiger partial charge in [0.05, 0.1) is 11.9 Å². The van der Waals surface area contributed by atoms with Gasteiger partial charge in [-0.2, -0.15) is 0 Å². The molecule has 2 rings (SSSR count). The first kappa shape index (κ1) is 10.1. The topological polar surface area (TPSA) is 52.0 Å². The van der Waals surface area contributed by atoms with Gasteiger partial charge in [0.2, 0.25) is 0 Å². The van der Waals surface area contributed by atoms with Crippen LogP contribution in [0, 0.1) is 0 Å². The van der Waals surface area contributed by atoms with E-state index in [9.17, 15) is 0 Å². The molecule has 0 atom stereocenters. The SMILES string of the molecule is Nc1cnoc1CCc1cccc(Cl)c1. The third-order valence-corrected chi connectivity index (χ3v) is 2.44. The summed E-state index contributed by atoms with van der Waals surface area (Å²) in [5.41, 5.74) is 7.43. The molecular formula is C11H11ClN2O. The zero-order valence-electron chi connectivity index (χ0n) is 8.11. The Bertz CT molecular complexity index is 453. The van der Waals surface area contributed by atoms with Crippen LogP contribution in [0.25, 0.3) is 0 Å². The van der Waals surface area contributed by atoms with Crippen molar-refractivity contribution in [3.8, 4) is 0 Å². The average molecular weight is 223 g/mol. The van der Waals surface area contributed by atoms with Crippen LogP contribution in [0.5, 0.6) is 0 Å². The summed E-state index contributed by atoms with van der Waals surface area (Å²) in [6.07, 6.45) is 3.11. The lowest BCUT2D eigenvalue weighted by atomic mass is 10.1. The maximum atomic E-state index is 5.88. The second kappa shape index (κ2) is 4.36. The smallest absolute Gasteiger partial charge is 0.159 e. The number of nitrogens with two attached hydrogens (primary N) is 1. The van der Waals surface area contributed by atoms with E-state index in [4.69, 9.17) is 21.9 Å². The minimum Gasteiger partial charge on any atom is -0.395 e. The summed E-state index contributed by atoms with van der Waals surface area (Å²) in [5, 5.41) is 4.37. The van der Waals surface area contributed by atoms with Crippen molar-refractivity contribution in [1.29, 1.82) is 0 Å². The van der Waals surface area contributed by atoms with Crippen molar-refractivity contribution in [3.05, 3.63) is 46.8 Å². The lowest BCUT2D eigenvalue weighted by Crippen LogP contribution is -1.93. The van der Waals surface area contributed by atoms with Crippen molar-refractivity contribution in [3.63, 3.8) is 0 Å². The first-order valence-corrected chi connectivity index (χ1v) is 5.07. The van der Waals surface area contributed by atoms with Gasteiger partial charge < -0.3 is 10.3 Å². The first-order valence-electron chi connectivity index (χ1n) is 4.69. The lowest BCUT2D eigenvalue weighted by Gasteiger charge is -2.00. The summed E-state index contributed by atoms with van der Waals surface area (Å²) >= 11 is 5.88. The third-order valence-electron chi connectivity index (χ3n) is 2.21. The maximum absolute atomic E-state index is 5.88. The summed E-state index contributed by atoms with van der Waals surface area (Å²) < 4.78 is 5.01. The molecule has 1 aromatic heterocycles. The van der Waals surface area contributed by atoms with Gasteiger partial charge in [-0.3, -0.25) is 0 Å². The van der Waals surface area contributed by atoms with Gasteiger partial charge in [0.25, 0.3) is 0 Å². The van der Waals surface area contributed by atoms with Crippen molar-refractivity contribution < 1.29 is 4.52 Å². The highest BCUT2D eigenvalue weighted by Gasteiger charge is 2.04. The number of rotatable bonds is 3. The first-order chi connectivity index (χ1) is 7.25. The molecule has 0 aliphatic carbocycles. The highest BCUT2D eigenvalue weighted by Crippen LogP contribution is 2.15. The largest absolute Gasteiger partial charge is 0.395 e. The van der Waals surface area contributed by atoms with Crippen molar-refractivity contribution in [2.24, 2.45) is 0 Å². The Labute approximate surface area is 92.8 Å². The standard InChI is InChI=1S/C11H11ClN2O/c12-9-3-1-2-8(6-9)4-5-11-10(13)7-14-15-11/h1-3,6-7H,4-5,13H2. The molecule has 2 aromatic rings. The van der Waals surface area contributed by atoms with Crippen LogP contribution in [-0.4, -0.2) is 5.16 Å². The number of nitrogens with zero attached hydrogens (tertiary/aromatic N) is 1. The molecule has 2 N–H and O–H groups in total. The Hall–Kier alpha value is -1.48. The number of hydrogen-bond donors (Lipinski definition) is 1. The van der Waals surface area contributed by atoms with Crippen LogP contribution in [0.4, 0.5) is 5.69 Å². The minimum absolute atomic E-state index is 0.608. The van der Waals surface area contributed by atoms with E-state index in [2.05, 4.69) is 5.16 Å². The van der Waals surface area contributed by atoms with E-state index in [0.29, 0.717) is 5.69 Å². The van der Waals surface area contributed by atoms with Crippen LogP contribution in [0.2, 0.25) is 5.02 Å². The van der Waals surface area contributed by atoms with E-state index in [1.165, 1.54) is 11.8 Å². The summed E-state index contributed by atoms with van der Waals surface area (Å²) in [6, 6.07) is 7.75. The maximum Gasteiger partial charge on any atom is 0.159 e. The number of aromatic nitrogens is 1. The number of benzene rings is 1. The molecule has 1 heterocycles. The molecule has 0 bridgehead atoms. The molecule has 78 valence electrons.